The van der Waals surface area contributed by atoms with E-state index in [-0.39, 0.29) is 18.0 Å². The summed E-state index contributed by atoms with van der Waals surface area (Å²) >= 11 is 0. The van der Waals surface area contributed by atoms with Crippen LogP contribution < -0.4 is 0 Å². The number of esters is 1. The van der Waals surface area contributed by atoms with Crippen molar-refractivity contribution in [3.8, 4) is 17.5 Å². The first-order valence-corrected chi connectivity index (χ1v) is 11.2. The van der Waals surface area contributed by atoms with E-state index < -0.39 is 0 Å². The van der Waals surface area contributed by atoms with Gasteiger partial charge in [0, 0.05) is 23.9 Å². The van der Waals surface area contributed by atoms with E-state index in [1.165, 1.54) is 37.7 Å². The summed E-state index contributed by atoms with van der Waals surface area (Å²) in [4.78, 5) is 21.4. The Morgan fingerprint density at radius 3 is 2.33 bits per heavy atom. The van der Waals surface area contributed by atoms with Gasteiger partial charge in [0.2, 0.25) is 0 Å². The molecule has 30 heavy (non-hydrogen) atoms. The maximum absolute atomic E-state index is 12.4. The summed E-state index contributed by atoms with van der Waals surface area (Å²) in [7, 11) is 0. The third-order valence-corrected chi connectivity index (χ3v) is 5.78. The van der Waals surface area contributed by atoms with Gasteiger partial charge in [0.1, 0.15) is 6.10 Å². The highest BCUT2D eigenvalue weighted by Crippen LogP contribution is 2.26. The van der Waals surface area contributed by atoms with Crippen molar-refractivity contribution in [2.24, 2.45) is 5.92 Å². The molecule has 0 bridgehead atoms. The van der Waals surface area contributed by atoms with Crippen LogP contribution in [-0.4, -0.2) is 22.0 Å². The molecule has 1 heterocycles. The van der Waals surface area contributed by atoms with E-state index >= 15 is 0 Å². The van der Waals surface area contributed by atoms with Crippen LogP contribution in [0.5, 0.6) is 0 Å². The number of aryl methyl sites for hydroxylation is 1. The van der Waals surface area contributed by atoms with Crippen LogP contribution >= 0.6 is 0 Å². The predicted molar refractivity (Wildman–Crippen MR) is 117 cm³/mol. The molecule has 0 atom stereocenters. The molecule has 0 amide bonds. The van der Waals surface area contributed by atoms with Crippen molar-refractivity contribution in [3.63, 3.8) is 0 Å². The second kappa shape index (κ2) is 11.4. The quantitative estimate of drug-likeness (QED) is 0.384. The molecule has 1 aromatic heterocycles. The number of aromatic nitrogens is 2. The van der Waals surface area contributed by atoms with Gasteiger partial charge in [-0.05, 0) is 56.2 Å². The maximum Gasteiger partial charge on any atom is 0.338 e. The summed E-state index contributed by atoms with van der Waals surface area (Å²) in [6.45, 7) is 2.23. The average molecular weight is 406 g/mol. The van der Waals surface area contributed by atoms with E-state index in [1.54, 1.807) is 12.1 Å². The Morgan fingerprint density at radius 2 is 1.70 bits per heavy atom. The van der Waals surface area contributed by atoms with Crippen molar-refractivity contribution < 1.29 is 9.53 Å². The fraction of sp³-hybridized carbons (Fsp3) is 0.520. The smallest absolute Gasteiger partial charge is 0.338 e. The molecule has 0 saturated heterocycles. The Hall–Kier alpha value is -2.74. The Labute approximate surface area is 179 Å². The highest BCUT2D eigenvalue weighted by molar-refractivity contribution is 5.90. The van der Waals surface area contributed by atoms with Crippen molar-refractivity contribution in [2.75, 3.05) is 0 Å². The lowest BCUT2D eigenvalue weighted by molar-refractivity contribution is 0.0187. The zero-order valence-electron chi connectivity index (χ0n) is 17.8. The van der Waals surface area contributed by atoms with Gasteiger partial charge in [-0.3, -0.25) is 0 Å². The molecule has 5 heteroatoms. The largest absolute Gasteiger partial charge is 0.459 e. The van der Waals surface area contributed by atoms with E-state index in [0.717, 1.165) is 37.7 Å². The van der Waals surface area contributed by atoms with Gasteiger partial charge < -0.3 is 4.74 Å². The highest BCUT2D eigenvalue weighted by atomic mass is 16.5. The molecule has 1 saturated carbocycles. The zero-order chi connectivity index (χ0) is 21.2. The lowest BCUT2D eigenvalue weighted by Gasteiger charge is -2.24. The Morgan fingerprint density at radius 1 is 1.03 bits per heavy atom. The number of benzene rings is 1. The Balaban J connectivity index is 1.50. The van der Waals surface area contributed by atoms with Crippen molar-refractivity contribution in [2.45, 2.75) is 77.2 Å². The average Bonchev–Trinajstić information content (AvgIpc) is 2.80. The molecule has 1 aliphatic rings. The number of nitriles is 1. The number of hydrogen-bond donors (Lipinski definition) is 0. The van der Waals surface area contributed by atoms with Crippen LogP contribution in [0.25, 0.3) is 11.4 Å². The summed E-state index contributed by atoms with van der Waals surface area (Å²) < 4.78 is 5.61. The molecule has 1 aliphatic carbocycles. The second-order valence-corrected chi connectivity index (χ2v) is 8.16. The topological polar surface area (TPSA) is 75.9 Å². The molecule has 0 spiro atoms. The third kappa shape index (κ3) is 6.38. The SMILES string of the molecule is CCCCCCCc1cnc(-c2ccc(C(=O)OC3CCC(C#N)CC3)cc2)nc1. The van der Waals surface area contributed by atoms with E-state index in [1.807, 2.05) is 24.5 Å². The number of carbonyl (C=O) groups excluding carboxylic acids is 1. The van der Waals surface area contributed by atoms with E-state index in [9.17, 15) is 4.79 Å². The normalized spacial score (nSPS) is 18.5. The zero-order valence-corrected chi connectivity index (χ0v) is 17.8. The molecule has 0 radical (unpaired) electrons. The van der Waals surface area contributed by atoms with Crippen molar-refractivity contribution in [1.82, 2.24) is 9.97 Å². The van der Waals surface area contributed by atoms with Crippen LogP contribution in [0.2, 0.25) is 0 Å². The first-order chi connectivity index (χ1) is 14.7. The van der Waals surface area contributed by atoms with Gasteiger partial charge in [-0.15, -0.1) is 0 Å². The molecule has 1 aromatic carbocycles. The van der Waals surface area contributed by atoms with Gasteiger partial charge >= 0.3 is 5.97 Å². The Bertz CT molecular complexity index is 832. The maximum atomic E-state index is 12.4. The monoisotopic (exact) mass is 405 g/mol. The number of hydrogen-bond acceptors (Lipinski definition) is 5. The predicted octanol–water partition coefficient (Wildman–Crippen LogP) is 5.90. The number of rotatable bonds is 9. The fourth-order valence-electron chi connectivity index (χ4n) is 3.85. The molecule has 1 fully saturated rings. The fourth-order valence-corrected chi connectivity index (χ4v) is 3.85. The lowest BCUT2D eigenvalue weighted by atomic mass is 9.88. The first-order valence-electron chi connectivity index (χ1n) is 11.2. The van der Waals surface area contributed by atoms with Crippen LogP contribution in [0.3, 0.4) is 0 Å². The summed E-state index contributed by atoms with van der Waals surface area (Å²) in [6, 6.07) is 9.56. The standard InChI is InChI=1S/C25H31N3O2/c1-2-3-4-5-6-7-20-17-27-24(28-18-20)21-10-12-22(13-11-21)25(29)30-23-14-8-19(16-26)9-15-23/h10-13,17-19,23H,2-9,14-15H2,1H3. The summed E-state index contributed by atoms with van der Waals surface area (Å²) in [5.41, 5.74) is 2.59. The number of nitrogens with zero attached hydrogens (tertiary/aromatic N) is 3. The first kappa shape index (κ1) is 22.0. The number of ether oxygens (including phenoxy) is 1. The second-order valence-electron chi connectivity index (χ2n) is 8.16. The molecule has 0 N–H and O–H groups in total. The van der Waals surface area contributed by atoms with Gasteiger partial charge in [-0.2, -0.15) is 5.26 Å². The van der Waals surface area contributed by atoms with E-state index in [2.05, 4.69) is 23.0 Å². The Kier molecular flexibility index (Phi) is 8.38. The van der Waals surface area contributed by atoms with Crippen LogP contribution in [0.15, 0.2) is 36.7 Å². The summed E-state index contributed by atoms with van der Waals surface area (Å²) in [6.07, 6.45) is 14.2. The minimum Gasteiger partial charge on any atom is -0.459 e. The van der Waals surface area contributed by atoms with Crippen LogP contribution in [0, 0.1) is 17.2 Å². The molecular formula is C25H31N3O2. The molecule has 0 unspecified atom stereocenters. The van der Waals surface area contributed by atoms with Crippen molar-refractivity contribution >= 4 is 5.97 Å². The van der Waals surface area contributed by atoms with Gasteiger partial charge in [0.15, 0.2) is 5.82 Å². The van der Waals surface area contributed by atoms with Crippen molar-refractivity contribution in [1.29, 1.82) is 5.26 Å². The number of carbonyl (C=O) groups is 1. The molecule has 3 rings (SSSR count). The molecule has 158 valence electrons. The minimum atomic E-state index is -0.304. The van der Waals surface area contributed by atoms with E-state index in [0.29, 0.717) is 11.4 Å². The summed E-state index contributed by atoms with van der Waals surface area (Å²) in [5.74, 6) is 0.465. The van der Waals surface area contributed by atoms with Crippen LogP contribution in [0.4, 0.5) is 0 Å². The molecular weight excluding hydrogens is 374 g/mol. The summed E-state index contributed by atoms with van der Waals surface area (Å²) in [5, 5.41) is 8.97. The van der Waals surface area contributed by atoms with E-state index in [4.69, 9.17) is 10.00 Å². The van der Waals surface area contributed by atoms with Crippen LogP contribution in [0.1, 0.15) is 80.6 Å². The molecule has 5 nitrogen and oxygen atoms in total. The third-order valence-electron chi connectivity index (χ3n) is 5.78. The van der Waals surface area contributed by atoms with Crippen molar-refractivity contribution in [3.05, 3.63) is 47.8 Å². The molecule has 0 aliphatic heterocycles. The molecule has 2 aromatic rings. The number of unbranched alkanes of at least 4 members (excludes halogenated alkanes) is 4. The minimum absolute atomic E-state index is 0.0837. The van der Waals surface area contributed by atoms with Crippen LogP contribution in [-0.2, 0) is 11.2 Å². The van der Waals surface area contributed by atoms with Gasteiger partial charge in [0.05, 0.1) is 11.6 Å². The highest BCUT2D eigenvalue weighted by Gasteiger charge is 2.24. The van der Waals surface area contributed by atoms with Gasteiger partial charge in [-0.1, -0.05) is 44.7 Å². The van der Waals surface area contributed by atoms with Gasteiger partial charge in [-0.25, -0.2) is 14.8 Å². The van der Waals surface area contributed by atoms with Gasteiger partial charge in [0.25, 0.3) is 0 Å². The lowest BCUT2D eigenvalue weighted by Crippen LogP contribution is -2.24.